The Morgan fingerprint density at radius 2 is 1.78 bits per heavy atom. The Hall–Kier alpha value is -0.730. The zero-order chi connectivity index (χ0) is 13.8. The molecule has 0 spiro atoms. The third kappa shape index (κ3) is 5.28. The summed E-state index contributed by atoms with van der Waals surface area (Å²) in [5, 5.41) is 6.04. The van der Waals surface area contributed by atoms with Crippen molar-refractivity contribution in [1.29, 1.82) is 0 Å². The lowest BCUT2D eigenvalue weighted by molar-refractivity contribution is 0.216. The van der Waals surface area contributed by atoms with Crippen LogP contribution in [-0.4, -0.2) is 18.6 Å². The molecule has 0 unspecified atom stereocenters. The average molecular weight is 254 g/mol. The Morgan fingerprint density at radius 1 is 1.22 bits per heavy atom. The Bertz CT molecular complexity index is 262. The standard InChI is InChI=1S/C15H30N2O/c1-11-6-8-13(9-7-11)10-16-14(18)17-12(2)15(3,4)5/h11-13H,6-10H2,1-5H3,(H2,16,17,18)/t11?,12-,13?/m0/s1. The van der Waals surface area contributed by atoms with E-state index in [0.717, 1.165) is 12.5 Å². The maximum atomic E-state index is 11.8. The van der Waals surface area contributed by atoms with Gasteiger partial charge in [0.1, 0.15) is 0 Å². The van der Waals surface area contributed by atoms with Gasteiger partial charge in [-0.2, -0.15) is 0 Å². The van der Waals surface area contributed by atoms with Crippen molar-refractivity contribution in [3.63, 3.8) is 0 Å². The highest BCUT2D eigenvalue weighted by Gasteiger charge is 2.22. The van der Waals surface area contributed by atoms with Crippen molar-refractivity contribution in [3.05, 3.63) is 0 Å². The van der Waals surface area contributed by atoms with Crippen LogP contribution in [0.3, 0.4) is 0 Å². The van der Waals surface area contributed by atoms with Gasteiger partial charge in [0, 0.05) is 12.6 Å². The fraction of sp³-hybridized carbons (Fsp3) is 0.933. The molecule has 2 N–H and O–H groups in total. The van der Waals surface area contributed by atoms with E-state index in [1.807, 2.05) is 0 Å². The molecule has 106 valence electrons. The molecule has 0 aromatic heterocycles. The van der Waals surface area contributed by atoms with E-state index in [1.54, 1.807) is 0 Å². The first kappa shape index (κ1) is 15.3. The van der Waals surface area contributed by atoms with Gasteiger partial charge >= 0.3 is 6.03 Å². The van der Waals surface area contributed by atoms with E-state index in [1.165, 1.54) is 25.7 Å². The molecule has 0 heterocycles. The second-order valence-electron chi connectivity index (χ2n) is 7.07. The molecular formula is C15H30N2O. The lowest BCUT2D eigenvalue weighted by Crippen LogP contribution is -2.47. The zero-order valence-electron chi connectivity index (χ0n) is 12.7. The van der Waals surface area contributed by atoms with E-state index < -0.39 is 0 Å². The lowest BCUT2D eigenvalue weighted by Gasteiger charge is -2.29. The van der Waals surface area contributed by atoms with Crippen LogP contribution >= 0.6 is 0 Å². The topological polar surface area (TPSA) is 41.1 Å². The molecule has 1 saturated carbocycles. The van der Waals surface area contributed by atoms with E-state index in [4.69, 9.17) is 0 Å². The van der Waals surface area contributed by atoms with Crippen LogP contribution in [0.4, 0.5) is 4.79 Å². The molecule has 1 aliphatic carbocycles. The molecule has 1 atom stereocenters. The van der Waals surface area contributed by atoms with Crippen LogP contribution in [0.5, 0.6) is 0 Å². The number of urea groups is 1. The summed E-state index contributed by atoms with van der Waals surface area (Å²) in [5.41, 5.74) is 0.109. The molecule has 2 amide bonds. The van der Waals surface area contributed by atoms with E-state index in [-0.39, 0.29) is 17.5 Å². The Kier molecular flexibility index (Phi) is 5.48. The molecule has 1 aliphatic rings. The monoisotopic (exact) mass is 254 g/mol. The average Bonchev–Trinajstić information content (AvgIpc) is 2.27. The van der Waals surface area contributed by atoms with Crippen LogP contribution in [-0.2, 0) is 0 Å². The third-order valence-electron chi connectivity index (χ3n) is 4.33. The Balaban J connectivity index is 2.21. The molecule has 0 aromatic rings. The molecule has 18 heavy (non-hydrogen) atoms. The quantitative estimate of drug-likeness (QED) is 0.794. The maximum absolute atomic E-state index is 11.8. The van der Waals surface area contributed by atoms with Gasteiger partial charge in [-0.15, -0.1) is 0 Å². The van der Waals surface area contributed by atoms with Gasteiger partial charge in [0.05, 0.1) is 0 Å². The van der Waals surface area contributed by atoms with Crippen LogP contribution in [0.2, 0.25) is 0 Å². The molecule has 0 saturated heterocycles. The highest BCUT2D eigenvalue weighted by atomic mass is 16.2. The lowest BCUT2D eigenvalue weighted by atomic mass is 9.83. The largest absolute Gasteiger partial charge is 0.338 e. The highest BCUT2D eigenvalue weighted by Crippen LogP contribution is 2.27. The van der Waals surface area contributed by atoms with Crippen molar-refractivity contribution in [2.45, 2.75) is 66.3 Å². The van der Waals surface area contributed by atoms with Crippen LogP contribution < -0.4 is 10.6 Å². The summed E-state index contributed by atoms with van der Waals surface area (Å²) in [6.07, 6.45) is 5.14. The number of carbonyl (C=O) groups excluding carboxylic acids is 1. The first-order valence-corrected chi connectivity index (χ1v) is 7.33. The number of rotatable bonds is 3. The molecule has 1 fully saturated rings. The minimum atomic E-state index is -0.0175. The number of nitrogens with one attached hydrogen (secondary N) is 2. The second-order valence-corrected chi connectivity index (χ2v) is 7.07. The molecule has 1 rings (SSSR count). The fourth-order valence-corrected chi connectivity index (χ4v) is 2.23. The summed E-state index contributed by atoms with van der Waals surface area (Å²) in [6.45, 7) is 11.6. The van der Waals surface area contributed by atoms with E-state index in [2.05, 4.69) is 45.3 Å². The van der Waals surface area contributed by atoms with Gasteiger partial charge in [-0.1, -0.05) is 40.5 Å². The third-order valence-corrected chi connectivity index (χ3v) is 4.33. The van der Waals surface area contributed by atoms with Gasteiger partial charge in [0.2, 0.25) is 0 Å². The van der Waals surface area contributed by atoms with Crippen molar-refractivity contribution >= 4 is 6.03 Å². The number of hydrogen-bond acceptors (Lipinski definition) is 1. The predicted molar refractivity (Wildman–Crippen MR) is 76.6 cm³/mol. The number of carbonyl (C=O) groups is 1. The summed E-state index contributed by atoms with van der Waals surface area (Å²) in [7, 11) is 0. The van der Waals surface area contributed by atoms with Gasteiger partial charge in [0.15, 0.2) is 0 Å². The first-order chi connectivity index (χ1) is 8.29. The van der Waals surface area contributed by atoms with Crippen molar-refractivity contribution < 1.29 is 4.79 Å². The molecule has 0 aliphatic heterocycles. The van der Waals surface area contributed by atoms with Gasteiger partial charge in [-0.3, -0.25) is 0 Å². The Labute approximate surface area is 112 Å². The maximum Gasteiger partial charge on any atom is 0.315 e. The summed E-state index contributed by atoms with van der Waals surface area (Å²) < 4.78 is 0. The summed E-state index contributed by atoms with van der Waals surface area (Å²) in [6, 6.07) is 0.167. The number of amides is 2. The molecule has 3 nitrogen and oxygen atoms in total. The summed E-state index contributed by atoms with van der Waals surface area (Å²) in [4.78, 5) is 11.8. The van der Waals surface area contributed by atoms with Gasteiger partial charge < -0.3 is 10.6 Å². The SMILES string of the molecule is CC1CCC(CNC(=O)N[C@@H](C)C(C)(C)C)CC1. The normalized spacial score (nSPS) is 26.5. The van der Waals surface area contributed by atoms with Crippen molar-refractivity contribution in [2.75, 3.05) is 6.54 Å². The predicted octanol–water partition coefficient (Wildman–Crippen LogP) is 3.55. The van der Waals surface area contributed by atoms with Gasteiger partial charge in [-0.25, -0.2) is 4.79 Å². The van der Waals surface area contributed by atoms with Crippen LogP contribution in [0.25, 0.3) is 0 Å². The van der Waals surface area contributed by atoms with Gasteiger partial charge in [-0.05, 0) is 37.0 Å². The first-order valence-electron chi connectivity index (χ1n) is 7.33. The second kappa shape index (κ2) is 6.44. The molecule has 0 aromatic carbocycles. The van der Waals surface area contributed by atoms with Crippen LogP contribution in [0, 0.1) is 17.3 Å². The minimum Gasteiger partial charge on any atom is -0.338 e. The number of hydrogen-bond donors (Lipinski definition) is 2. The van der Waals surface area contributed by atoms with Crippen molar-refractivity contribution in [2.24, 2.45) is 17.3 Å². The fourth-order valence-electron chi connectivity index (χ4n) is 2.23. The minimum absolute atomic E-state index is 0.0175. The molecular weight excluding hydrogens is 224 g/mol. The zero-order valence-corrected chi connectivity index (χ0v) is 12.7. The van der Waals surface area contributed by atoms with Crippen molar-refractivity contribution in [1.82, 2.24) is 10.6 Å². The van der Waals surface area contributed by atoms with Gasteiger partial charge in [0.25, 0.3) is 0 Å². The molecule has 0 bridgehead atoms. The molecule has 0 radical (unpaired) electrons. The van der Waals surface area contributed by atoms with Crippen molar-refractivity contribution in [3.8, 4) is 0 Å². The Morgan fingerprint density at radius 3 is 2.28 bits per heavy atom. The highest BCUT2D eigenvalue weighted by molar-refractivity contribution is 5.74. The van der Waals surface area contributed by atoms with E-state index in [9.17, 15) is 4.79 Å². The smallest absolute Gasteiger partial charge is 0.315 e. The van der Waals surface area contributed by atoms with E-state index in [0.29, 0.717) is 5.92 Å². The molecule has 3 heteroatoms. The van der Waals surface area contributed by atoms with Crippen LogP contribution in [0.1, 0.15) is 60.3 Å². The summed E-state index contributed by atoms with van der Waals surface area (Å²) >= 11 is 0. The van der Waals surface area contributed by atoms with Crippen LogP contribution in [0.15, 0.2) is 0 Å². The van der Waals surface area contributed by atoms with E-state index >= 15 is 0 Å². The summed E-state index contributed by atoms with van der Waals surface area (Å²) in [5.74, 6) is 1.55.